The van der Waals surface area contributed by atoms with E-state index in [9.17, 15) is 9.90 Å². The van der Waals surface area contributed by atoms with Crippen molar-refractivity contribution >= 4 is 5.78 Å². The average molecular weight is 347 g/mol. The van der Waals surface area contributed by atoms with Crippen molar-refractivity contribution in [2.24, 2.45) is 40.4 Å². The van der Waals surface area contributed by atoms with E-state index in [0.717, 1.165) is 43.9 Å². The largest absolute Gasteiger partial charge is 0.389 e. The summed E-state index contributed by atoms with van der Waals surface area (Å²) in [5.41, 5.74) is 0.0669. The van der Waals surface area contributed by atoms with Gasteiger partial charge in [-0.3, -0.25) is 4.79 Å². The topological polar surface area (TPSA) is 37.3 Å². The lowest BCUT2D eigenvalue weighted by Crippen LogP contribution is -2.57. The molecule has 0 saturated heterocycles. The van der Waals surface area contributed by atoms with Crippen LogP contribution in [0.2, 0.25) is 0 Å². The monoisotopic (exact) mass is 346 g/mol. The number of aliphatic hydroxyl groups is 1. The number of carbonyl (C=O) groups is 1. The molecule has 0 heterocycles. The van der Waals surface area contributed by atoms with Crippen molar-refractivity contribution in [3.8, 4) is 0 Å². The minimum atomic E-state index is -0.426. The fourth-order valence-corrected chi connectivity index (χ4v) is 8.34. The summed E-state index contributed by atoms with van der Waals surface area (Å²) in [5.74, 6) is 3.66. The maximum Gasteiger partial charge on any atom is 0.136 e. The summed E-state index contributed by atoms with van der Waals surface area (Å²) in [7, 11) is 0. The van der Waals surface area contributed by atoms with Crippen molar-refractivity contribution in [2.45, 2.75) is 97.5 Å². The summed E-state index contributed by atoms with van der Waals surface area (Å²) in [6.45, 7) is 9.31. The lowest BCUT2D eigenvalue weighted by molar-refractivity contribution is -0.162. The Labute approximate surface area is 154 Å². The van der Waals surface area contributed by atoms with Crippen LogP contribution in [-0.4, -0.2) is 16.5 Å². The Hall–Kier alpha value is -0.370. The lowest BCUT2D eigenvalue weighted by atomic mass is 9.43. The van der Waals surface area contributed by atoms with Crippen LogP contribution in [0.25, 0.3) is 0 Å². The minimum absolute atomic E-state index is 0.128. The molecule has 1 N–H and O–H groups in total. The van der Waals surface area contributed by atoms with E-state index in [2.05, 4.69) is 27.7 Å². The molecule has 0 amide bonds. The number of Topliss-reactive ketones (excluding diaryl/α,β-unsaturated/α-hetero) is 1. The van der Waals surface area contributed by atoms with Crippen molar-refractivity contribution in [2.75, 3.05) is 0 Å². The van der Waals surface area contributed by atoms with E-state index in [-0.39, 0.29) is 11.3 Å². The molecule has 4 aliphatic carbocycles. The molecule has 2 nitrogen and oxygen atoms in total. The summed E-state index contributed by atoms with van der Waals surface area (Å²) in [6, 6.07) is 0. The molecule has 0 spiro atoms. The second-order valence-corrected chi connectivity index (χ2v) is 10.7. The maximum absolute atomic E-state index is 12.3. The van der Waals surface area contributed by atoms with Gasteiger partial charge in [0.25, 0.3) is 0 Å². The van der Waals surface area contributed by atoms with Gasteiger partial charge in [-0.25, -0.2) is 0 Å². The van der Waals surface area contributed by atoms with Crippen LogP contribution in [0.4, 0.5) is 0 Å². The van der Waals surface area contributed by atoms with Gasteiger partial charge < -0.3 is 5.11 Å². The van der Waals surface area contributed by atoms with Gasteiger partial charge in [0.05, 0.1) is 5.60 Å². The van der Waals surface area contributed by atoms with Gasteiger partial charge in [0, 0.05) is 12.3 Å². The summed E-state index contributed by atoms with van der Waals surface area (Å²) in [6.07, 6.45) is 11.3. The Morgan fingerprint density at radius 2 is 1.80 bits per heavy atom. The lowest BCUT2D eigenvalue weighted by Gasteiger charge is -2.61. The molecule has 0 aromatic heterocycles. The molecule has 25 heavy (non-hydrogen) atoms. The van der Waals surface area contributed by atoms with Crippen molar-refractivity contribution in [1.82, 2.24) is 0 Å². The molecule has 0 bridgehead atoms. The Morgan fingerprint density at radius 3 is 2.52 bits per heavy atom. The zero-order valence-corrected chi connectivity index (χ0v) is 16.8. The molecule has 0 radical (unpaired) electrons. The first-order chi connectivity index (χ1) is 11.7. The first kappa shape index (κ1) is 18.0. The van der Waals surface area contributed by atoms with Crippen LogP contribution in [0, 0.1) is 40.4 Å². The Balaban J connectivity index is 1.63. The quantitative estimate of drug-likeness (QED) is 0.729. The number of carbonyl (C=O) groups excluding carboxylic acids is 1. The third-order valence-corrected chi connectivity index (χ3v) is 9.79. The highest BCUT2D eigenvalue weighted by Gasteiger charge is 2.64. The summed E-state index contributed by atoms with van der Waals surface area (Å²) in [5, 5.41) is 11.5. The Kier molecular flexibility index (Phi) is 4.19. The maximum atomic E-state index is 12.3. The minimum Gasteiger partial charge on any atom is -0.389 e. The van der Waals surface area contributed by atoms with Gasteiger partial charge in [-0.05, 0) is 85.9 Å². The fourth-order valence-electron chi connectivity index (χ4n) is 8.34. The van der Waals surface area contributed by atoms with Crippen LogP contribution in [-0.2, 0) is 4.79 Å². The van der Waals surface area contributed by atoms with Crippen molar-refractivity contribution in [3.63, 3.8) is 0 Å². The summed E-state index contributed by atoms with van der Waals surface area (Å²) in [4.78, 5) is 12.3. The van der Waals surface area contributed by atoms with Crippen LogP contribution in [0.3, 0.4) is 0 Å². The standard InChI is InChI=1S/C23H38O2/c1-5-10-23(25)12-9-19-17-7-6-16-13-20(24)15(2)14-21(16,3)18(17)8-11-22(19,23)4/h15-19,25H,5-14H2,1-4H3/t15-,16+,17?,18?,19?,21+,22+,23+/m1/s1. The van der Waals surface area contributed by atoms with Gasteiger partial charge in [0.1, 0.15) is 5.78 Å². The van der Waals surface area contributed by atoms with E-state index < -0.39 is 5.60 Å². The van der Waals surface area contributed by atoms with Crippen molar-refractivity contribution < 1.29 is 9.90 Å². The first-order valence-corrected chi connectivity index (χ1v) is 11.0. The fraction of sp³-hybridized carbons (Fsp3) is 0.957. The number of ketones is 1. The molecule has 3 unspecified atom stereocenters. The predicted octanol–water partition coefficient (Wildman–Crippen LogP) is 5.38. The molecule has 2 heteroatoms. The molecule has 0 aliphatic heterocycles. The van der Waals surface area contributed by atoms with E-state index in [1.54, 1.807) is 0 Å². The van der Waals surface area contributed by atoms with Crippen LogP contribution >= 0.6 is 0 Å². The summed E-state index contributed by atoms with van der Waals surface area (Å²) < 4.78 is 0. The van der Waals surface area contributed by atoms with E-state index in [1.807, 2.05) is 0 Å². The van der Waals surface area contributed by atoms with Gasteiger partial charge in [0.2, 0.25) is 0 Å². The van der Waals surface area contributed by atoms with Crippen molar-refractivity contribution in [3.05, 3.63) is 0 Å². The molecule has 4 fully saturated rings. The zero-order valence-electron chi connectivity index (χ0n) is 16.8. The molecular weight excluding hydrogens is 308 g/mol. The van der Waals surface area contributed by atoms with Crippen molar-refractivity contribution in [1.29, 1.82) is 0 Å². The SMILES string of the molecule is CCC[C@]1(O)CCC2C3CC[C@H]4CC(=O)[C@H](C)C[C@]4(C)C3CC[C@@]21C. The third kappa shape index (κ3) is 2.35. The molecule has 0 aromatic carbocycles. The van der Waals surface area contributed by atoms with Gasteiger partial charge in [0.15, 0.2) is 0 Å². The van der Waals surface area contributed by atoms with E-state index in [1.165, 1.54) is 32.1 Å². The smallest absolute Gasteiger partial charge is 0.136 e. The Morgan fingerprint density at radius 1 is 1.08 bits per heavy atom. The number of fused-ring (bicyclic) bond motifs is 5. The summed E-state index contributed by atoms with van der Waals surface area (Å²) >= 11 is 0. The molecule has 8 atom stereocenters. The Bertz CT molecular complexity index is 556. The second-order valence-electron chi connectivity index (χ2n) is 10.7. The number of rotatable bonds is 2. The van der Waals surface area contributed by atoms with Crippen LogP contribution in [0.15, 0.2) is 0 Å². The van der Waals surface area contributed by atoms with Crippen LogP contribution < -0.4 is 0 Å². The molecular formula is C23H38O2. The van der Waals surface area contributed by atoms with E-state index in [4.69, 9.17) is 0 Å². The molecule has 142 valence electrons. The van der Waals surface area contributed by atoms with Gasteiger partial charge in [-0.15, -0.1) is 0 Å². The van der Waals surface area contributed by atoms with Gasteiger partial charge in [-0.1, -0.05) is 34.1 Å². The third-order valence-electron chi connectivity index (χ3n) is 9.79. The van der Waals surface area contributed by atoms with E-state index >= 15 is 0 Å². The highest BCUT2D eigenvalue weighted by molar-refractivity contribution is 5.82. The van der Waals surface area contributed by atoms with E-state index in [0.29, 0.717) is 23.0 Å². The number of hydrogen-bond donors (Lipinski definition) is 1. The highest BCUT2D eigenvalue weighted by atomic mass is 16.3. The molecule has 4 rings (SSSR count). The molecule has 4 saturated carbocycles. The van der Waals surface area contributed by atoms with Gasteiger partial charge >= 0.3 is 0 Å². The average Bonchev–Trinajstić information content (AvgIpc) is 2.81. The normalized spacial score (nSPS) is 55.4. The molecule has 0 aromatic rings. The van der Waals surface area contributed by atoms with Crippen LogP contribution in [0.1, 0.15) is 91.9 Å². The second kappa shape index (κ2) is 5.81. The first-order valence-electron chi connectivity index (χ1n) is 11.0. The van der Waals surface area contributed by atoms with Gasteiger partial charge in [-0.2, -0.15) is 0 Å². The van der Waals surface area contributed by atoms with Crippen LogP contribution in [0.5, 0.6) is 0 Å². The molecule has 4 aliphatic rings. The highest BCUT2D eigenvalue weighted by Crippen LogP contribution is 2.68. The predicted molar refractivity (Wildman–Crippen MR) is 101 cm³/mol. The zero-order chi connectivity index (χ0) is 18.0. The number of hydrogen-bond acceptors (Lipinski definition) is 2.